The lowest BCUT2D eigenvalue weighted by atomic mass is 9.90. The summed E-state index contributed by atoms with van der Waals surface area (Å²) >= 11 is 1.78. The van der Waals surface area contributed by atoms with Crippen LogP contribution in [0.5, 0.6) is 0 Å². The van der Waals surface area contributed by atoms with Crippen LogP contribution in [-0.4, -0.2) is 34.2 Å². The molecular formula is C20H22N2OS. The molecule has 1 aliphatic rings. The smallest absolute Gasteiger partial charge is 0.0744 e. The number of likely N-dealkylation sites (tertiary alicyclic amines) is 1. The van der Waals surface area contributed by atoms with Crippen LogP contribution >= 0.6 is 11.3 Å². The average Bonchev–Trinajstić information content (AvgIpc) is 3.01. The zero-order valence-electron chi connectivity index (χ0n) is 13.9. The summed E-state index contributed by atoms with van der Waals surface area (Å²) in [6, 6.07) is 14.6. The van der Waals surface area contributed by atoms with E-state index in [0.29, 0.717) is 0 Å². The van der Waals surface area contributed by atoms with Crippen molar-refractivity contribution in [3.05, 3.63) is 64.0 Å². The number of hydrogen-bond donors (Lipinski definition) is 1. The van der Waals surface area contributed by atoms with Crippen molar-refractivity contribution >= 4 is 22.2 Å². The average molecular weight is 338 g/mol. The summed E-state index contributed by atoms with van der Waals surface area (Å²) in [7, 11) is 0. The predicted octanol–water partition coefficient (Wildman–Crippen LogP) is 3.96. The number of fused-ring (bicyclic) bond motifs is 1. The number of para-hydroxylation sites is 1. The summed E-state index contributed by atoms with van der Waals surface area (Å²) in [4.78, 5) is 8.43. The Hall–Kier alpha value is -1.75. The molecule has 3 aromatic rings. The molecule has 0 amide bonds. The highest BCUT2D eigenvalue weighted by Gasteiger charge is 2.30. The minimum absolute atomic E-state index is 0.283. The molecule has 1 aliphatic heterocycles. The zero-order valence-corrected chi connectivity index (χ0v) is 14.7. The number of nitrogens with zero attached hydrogens (tertiary/aromatic N) is 2. The van der Waals surface area contributed by atoms with Crippen molar-refractivity contribution < 1.29 is 5.11 Å². The quantitative estimate of drug-likeness (QED) is 0.785. The van der Waals surface area contributed by atoms with Gasteiger partial charge in [-0.15, -0.1) is 11.3 Å². The Kier molecular flexibility index (Phi) is 4.35. The van der Waals surface area contributed by atoms with Gasteiger partial charge in [0.2, 0.25) is 0 Å². The lowest BCUT2D eigenvalue weighted by molar-refractivity contribution is 0.0480. The monoisotopic (exact) mass is 338 g/mol. The normalized spacial score (nSPS) is 22.1. The van der Waals surface area contributed by atoms with Gasteiger partial charge < -0.3 is 5.11 Å². The fraction of sp³-hybridized carbons (Fsp3) is 0.350. The fourth-order valence-electron chi connectivity index (χ4n) is 3.64. The van der Waals surface area contributed by atoms with Crippen LogP contribution in [0.15, 0.2) is 47.8 Å². The maximum absolute atomic E-state index is 10.6. The molecule has 1 saturated heterocycles. The number of rotatable bonds is 3. The predicted molar refractivity (Wildman–Crippen MR) is 99.4 cm³/mol. The van der Waals surface area contributed by atoms with Crippen molar-refractivity contribution in [1.29, 1.82) is 0 Å². The van der Waals surface area contributed by atoms with E-state index < -0.39 is 0 Å². The Morgan fingerprint density at radius 2 is 2.08 bits per heavy atom. The van der Waals surface area contributed by atoms with Crippen molar-refractivity contribution in [3.63, 3.8) is 0 Å². The maximum atomic E-state index is 10.6. The topological polar surface area (TPSA) is 36.4 Å². The first-order chi connectivity index (χ1) is 11.7. The van der Waals surface area contributed by atoms with Crippen LogP contribution < -0.4 is 0 Å². The number of aromatic nitrogens is 1. The molecule has 124 valence electrons. The van der Waals surface area contributed by atoms with Gasteiger partial charge in [0.1, 0.15) is 0 Å². The highest BCUT2D eigenvalue weighted by atomic mass is 32.1. The van der Waals surface area contributed by atoms with Gasteiger partial charge in [-0.2, -0.15) is 0 Å². The van der Waals surface area contributed by atoms with Gasteiger partial charge in [0, 0.05) is 29.3 Å². The SMILES string of the molecule is Cc1ccsc1[C@@H]1CCN(Cc2ccc3ccccc3n2)C[C@H]1O. The molecule has 0 unspecified atom stereocenters. The van der Waals surface area contributed by atoms with Gasteiger partial charge in [0.05, 0.1) is 17.3 Å². The molecule has 3 heterocycles. The second kappa shape index (κ2) is 6.63. The Balaban J connectivity index is 1.45. The van der Waals surface area contributed by atoms with E-state index in [1.54, 1.807) is 11.3 Å². The van der Waals surface area contributed by atoms with E-state index in [1.165, 1.54) is 15.8 Å². The molecular weight excluding hydrogens is 316 g/mol. The molecule has 1 N–H and O–H groups in total. The van der Waals surface area contributed by atoms with Crippen molar-refractivity contribution in [3.8, 4) is 0 Å². The van der Waals surface area contributed by atoms with E-state index in [1.807, 2.05) is 12.1 Å². The number of aliphatic hydroxyl groups is 1. The Morgan fingerprint density at radius 1 is 1.21 bits per heavy atom. The van der Waals surface area contributed by atoms with E-state index in [2.05, 4.69) is 47.5 Å². The number of hydrogen-bond acceptors (Lipinski definition) is 4. The minimum atomic E-state index is -0.295. The molecule has 0 saturated carbocycles. The molecule has 0 radical (unpaired) electrons. The largest absolute Gasteiger partial charge is 0.391 e. The molecule has 3 nitrogen and oxygen atoms in total. The van der Waals surface area contributed by atoms with Crippen LogP contribution in [0.3, 0.4) is 0 Å². The third-order valence-electron chi connectivity index (χ3n) is 4.95. The molecule has 0 spiro atoms. The summed E-state index contributed by atoms with van der Waals surface area (Å²) in [6.45, 7) is 4.67. The van der Waals surface area contributed by atoms with E-state index >= 15 is 0 Å². The van der Waals surface area contributed by atoms with Gasteiger partial charge in [-0.3, -0.25) is 9.88 Å². The van der Waals surface area contributed by atoms with Crippen LogP contribution in [0.1, 0.15) is 28.5 Å². The Labute approximate surface area is 146 Å². The van der Waals surface area contributed by atoms with Crippen LogP contribution in [0, 0.1) is 6.92 Å². The first-order valence-electron chi connectivity index (χ1n) is 8.50. The third-order valence-corrected chi connectivity index (χ3v) is 6.10. The lowest BCUT2D eigenvalue weighted by Gasteiger charge is -2.35. The molecule has 0 bridgehead atoms. The number of β-amino-alcohol motifs (C(OH)–C–C–N with tert-alkyl or cyclic N) is 1. The zero-order chi connectivity index (χ0) is 16.5. The maximum Gasteiger partial charge on any atom is 0.0744 e. The first-order valence-corrected chi connectivity index (χ1v) is 9.38. The van der Waals surface area contributed by atoms with Crippen molar-refractivity contribution in [2.24, 2.45) is 0 Å². The molecule has 2 aromatic heterocycles. The van der Waals surface area contributed by atoms with E-state index in [-0.39, 0.29) is 12.0 Å². The van der Waals surface area contributed by atoms with Crippen LogP contribution in [0.4, 0.5) is 0 Å². The van der Waals surface area contributed by atoms with Gasteiger partial charge in [0.15, 0.2) is 0 Å². The summed E-state index contributed by atoms with van der Waals surface area (Å²) in [5.74, 6) is 0.283. The van der Waals surface area contributed by atoms with Gasteiger partial charge in [-0.1, -0.05) is 24.3 Å². The summed E-state index contributed by atoms with van der Waals surface area (Å²) in [5.41, 5.74) is 3.43. The first kappa shape index (κ1) is 15.8. The van der Waals surface area contributed by atoms with Gasteiger partial charge in [0.25, 0.3) is 0 Å². The van der Waals surface area contributed by atoms with Crippen LogP contribution in [0.25, 0.3) is 10.9 Å². The molecule has 1 aromatic carbocycles. The van der Waals surface area contributed by atoms with Crippen LogP contribution in [-0.2, 0) is 6.54 Å². The number of thiophene rings is 1. The van der Waals surface area contributed by atoms with Crippen molar-refractivity contribution in [2.75, 3.05) is 13.1 Å². The number of benzene rings is 1. The standard InChI is InChI=1S/C20H22N2OS/c1-14-9-11-24-20(14)17-8-10-22(13-19(17)23)12-16-7-6-15-4-2-3-5-18(15)21-16/h2-7,9,11,17,19,23H,8,10,12-13H2,1H3/t17-,19-/m1/s1. The molecule has 1 fully saturated rings. The van der Waals surface area contributed by atoms with Gasteiger partial charge in [-0.25, -0.2) is 0 Å². The number of pyridine rings is 1. The summed E-state index contributed by atoms with van der Waals surface area (Å²) in [6.07, 6.45) is 0.715. The summed E-state index contributed by atoms with van der Waals surface area (Å²) in [5, 5.41) is 13.9. The van der Waals surface area contributed by atoms with Gasteiger partial charge in [-0.05, 0) is 49.0 Å². The van der Waals surface area contributed by atoms with E-state index in [9.17, 15) is 5.11 Å². The molecule has 4 heteroatoms. The second-order valence-corrected chi connectivity index (χ2v) is 7.61. The van der Waals surface area contributed by atoms with Crippen molar-refractivity contribution in [2.45, 2.75) is 31.9 Å². The second-order valence-electron chi connectivity index (χ2n) is 6.66. The van der Waals surface area contributed by atoms with E-state index in [0.717, 1.165) is 37.3 Å². The van der Waals surface area contributed by atoms with Crippen molar-refractivity contribution in [1.82, 2.24) is 9.88 Å². The number of aliphatic hydroxyl groups excluding tert-OH is 1. The Bertz CT molecular complexity index is 844. The fourth-order valence-corrected chi connectivity index (χ4v) is 4.76. The van der Waals surface area contributed by atoms with Crippen LogP contribution in [0.2, 0.25) is 0 Å². The highest BCUT2D eigenvalue weighted by molar-refractivity contribution is 7.10. The molecule has 2 atom stereocenters. The lowest BCUT2D eigenvalue weighted by Crippen LogP contribution is -2.42. The number of aryl methyl sites for hydroxylation is 1. The molecule has 4 rings (SSSR count). The molecule has 24 heavy (non-hydrogen) atoms. The third kappa shape index (κ3) is 3.09. The number of piperidine rings is 1. The highest BCUT2D eigenvalue weighted by Crippen LogP contribution is 2.34. The minimum Gasteiger partial charge on any atom is -0.391 e. The van der Waals surface area contributed by atoms with Gasteiger partial charge >= 0.3 is 0 Å². The molecule has 0 aliphatic carbocycles. The Morgan fingerprint density at radius 3 is 2.88 bits per heavy atom. The summed E-state index contributed by atoms with van der Waals surface area (Å²) < 4.78 is 0. The van der Waals surface area contributed by atoms with E-state index in [4.69, 9.17) is 4.98 Å².